The third kappa shape index (κ3) is 2.90. The topological polar surface area (TPSA) is 75.0 Å². The number of carbonyl (C=O) groups excluding carboxylic acids is 1. The largest absolute Gasteiger partial charge is 0.342 e. The average Bonchev–Trinajstić information content (AvgIpc) is 3.04. The zero-order valence-electron chi connectivity index (χ0n) is 12.9. The van der Waals surface area contributed by atoms with Crippen molar-refractivity contribution < 1.29 is 4.79 Å². The Labute approximate surface area is 130 Å². The van der Waals surface area contributed by atoms with E-state index >= 15 is 0 Å². The smallest absolute Gasteiger partial charge is 0.236 e. The Bertz CT molecular complexity index is 656. The third-order valence-corrected chi connectivity index (χ3v) is 4.43. The lowest BCUT2D eigenvalue weighted by atomic mass is 9.89. The van der Waals surface area contributed by atoms with Gasteiger partial charge in [0.15, 0.2) is 0 Å². The summed E-state index contributed by atoms with van der Waals surface area (Å²) in [6, 6.07) is 8.47. The number of likely N-dealkylation sites (tertiary alicyclic amines) is 1. The van der Waals surface area contributed by atoms with Crippen molar-refractivity contribution in [1.29, 1.82) is 0 Å². The molecule has 0 radical (unpaired) electrons. The number of nitrogens with two attached hydrogens (primary N) is 1. The number of nitrogens with one attached hydrogen (secondary N) is 1. The zero-order valence-corrected chi connectivity index (χ0v) is 12.9. The van der Waals surface area contributed by atoms with E-state index in [1.807, 2.05) is 11.1 Å². The summed E-state index contributed by atoms with van der Waals surface area (Å²) in [7, 11) is 0. The van der Waals surface area contributed by atoms with Crippen LogP contribution < -0.4 is 5.73 Å². The summed E-state index contributed by atoms with van der Waals surface area (Å²) in [5, 5.41) is 7.42. The number of aryl methyl sites for hydroxylation is 1. The van der Waals surface area contributed by atoms with Crippen LogP contribution in [0.15, 0.2) is 30.5 Å². The van der Waals surface area contributed by atoms with Crippen LogP contribution in [0, 0.1) is 6.92 Å². The van der Waals surface area contributed by atoms with E-state index in [1.54, 1.807) is 0 Å². The number of piperidine rings is 1. The van der Waals surface area contributed by atoms with Gasteiger partial charge in [0.05, 0.1) is 12.7 Å². The molecule has 0 aliphatic carbocycles. The zero-order chi connectivity index (χ0) is 15.5. The maximum absolute atomic E-state index is 11.7. The van der Waals surface area contributed by atoms with Gasteiger partial charge in [-0.25, -0.2) is 0 Å². The molecule has 1 aliphatic rings. The van der Waals surface area contributed by atoms with Crippen LogP contribution in [-0.2, 0) is 4.79 Å². The molecule has 116 valence electrons. The van der Waals surface area contributed by atoms with Crippen LogP contribution in [0.4, 0.5) is 0 Å². The van der Waals surface area contributed by atoms with Crippen molar-refractivity contribution >= 4 is 5.91 Å². The molecule has 0 unspecified atom stereocenters. The Morgan fingerprint density at radius 1 is 1.41 bits per heavy atom. The van der Waals surface area contributed by atoms with Crippen LogP contribution in [0.1, 0.15) is 30.0 Å². The molecule has 1 aliphatic heterocycles. The standard InChI is InChI=1S/C17H22N4O/c1-12-3-2-4-14(9-12)15-11-19-20-17(15)13-5-7-21(8-6-13)16(22)10-18/h2-4,9,11,13H,5-8,10,18H2,1H3,(H,19,20). The molecule has 1 aromatic carbocycles. The Balaban J connectivity index is 1.78. The molecule has 1 fully saturated rings. The fourth-order valence-electron chi connectivity index (χ4n) is 3.20. The molecule has 0 atom stereocenters. The summed E-state index contributed by atoms with van der Waals surface area (Å²) >= 11 is 0. The van der Waals surface area contributed by atoms with E-state index in [1.165, 1.54) is 22.4 Å². The minimum Gasteiger partial charge on any atom is -0.342 e. The van der Waals surface area contributed by atoms with Crippen LogP contribution in [0.5, 0.6) is 0 Å². The number of H-pyrrole nitrogens is 1. The van der Waals surface area contributed by atoms with Gasteiger partial charge in [-0.1, -0.05) is 29.8 Å². The first-order chi connectivity index (χ1) is 10.7. The van der Waals surface area contributed by atoms with Gasteiger partial charge in [0, 0.05) is 30.3 Å². The third-order valence-electron chi connectivity index (χ3n) is 4.43. The molecular formula is C17H22N4O. The van der Waals surface area contributed by atoms with Gasteiger partial charge in [-0.2, -0.15) is 5.10 Å². The highest BCUT2D eigenvalue weighted by Crippen LogP contribution is 2.34. The quantitative estimate of drug-likeness (QED) is 0.910. The second kappa shape index (κ2) is 6.32. The van der Waals surface area contributed by atoms with Gasteiger partial charge >= 0.3 is 0 Å². The van der Waals surface area contributed by atoms with E-state index in [4.69, 9.17) is 5.73 Å². The first kappa shape index (κ1) is 14.8. The number of aromatic amines is 1. The lowest BCUT2D eigenvalue weighted by Gasteiger charge is -2.31. The number of benzene rings is 1. The lowest BCUT2D eigenvalue weighted by molar-refractivity contribution is -0.130. The molecule has 1 aromatic heterocycles. The molecule has 2 aromatic rings. The van der Waals surface area contributed by atoms with Crippen molar-refractivity contribution in [3.05, 3.63) is 41.7 Å². The van der Waals surface area contributed by atoms with Crippen molar-refractivity contribution in [3.63, 3.8) is 0 Å². The van der Waals surface area contributed by atoms with Gasteiger partial charge in [0.1, 0.15) is 0 Å². The van der Waals surface area contributed by atoms with E-state index < -0.39 is 0 Å². The minimum absolute atomic E-state index is 0.0435. The van der Waals surface area contributed by atoms with Gasteiger partial charge in [0.2, 0.25) is 5.91 Å². The van der Waals surface area contributed by atoms with Crippen molar-refractivity contribution in [2.24, 2.45) is 5.73 Å². The number of nitrogens with zero attached hydrogens (tertiary/aromatic N) is 2. The monoisotopic (exact) mass is 298 g/mol. The van der Waals surface area contributed by atoms with Crippen molar-refractivity contribution in [2.45, 2.75) is 25.7 Å². The molecule has 0 spiro atoms. The van der Waals surface area contributed by atoms with Crippen LogP contribution in [0.25, 0.3) is 11.1 Å². The van der Waals surface area contributed by atoms with E-state index in [2.05, 4.69) is 41.4 Å². The molecule has 22 heavy (non-hydrogen) atoms. The summed E-state index contributed by atoms with van der Waals surface area (Å²) in [5.41, 5.74) is 10.2. The average molecular weight is 298 g/mol. The van der Waals surface area contributed by atoms with Crippen molar-refractivity contribution in [1.82, 2.24) is 15.1 Å². The molecule has 0 saturated carbocycles. The molecule has 1 saturated heterocycles. The molecular weight excluding hydrogens is 276 g/mol. The second-order valence-corrected chi connectivity index (χ2v) is 5.93. The fraction of sp³-hybridized carbons (Fsp3) is 0.412. The van der Waals surface area contributed by atoms with Crippen molar-refractivity contribution in [2.75, 3.05) is 19.6 Å². The van der Waals surface area contributed by atoms with Gasteiger partial charge in [-0.05, 0) is 25.3 Å². The summed E-state index contributed by atoms with van der Waals surface area (Å²) in [5.74, 6) is 0.460. The molecule has 5 nitrogen and oxygen atoms in total. The minimum atomic E-state index is 0.0435. The summed E-state index contributed by atoms with van der Waals surface area (Å²) in [4.78, 5) is 13.5. The molecule has 2 heterocycles. The van der Waals surface area contributed by atoms with Crippen LogP contribution in [0.3, 0.4) is 0 Å². The normalized spacial score (nSPS) is 16.0. The van der Waals surface area contributed by atoms with Gasteiger partial charge in [-0.3, -0.25) is 9.89 Å². The van der Waals surface area contributed by atoms with Gasteiger partial charge < -0.3 is 10.6 Å². The summed E-state index contributed by atoms with van der Waals surface area (Å²) in [6.07, 6.45) is 3.81. The molecule has 5 heteroatoms. The number of hydrogen-bond acceptors (Lipinski definition) is 3. The Hall–Kier alpha value is -2.14. The first-order valence-electron chi connectivity index (χ1n) is 7.77. The molecule has 3 rings (SSSR count). The van der Waals surface area contributed by atoms with Gasteiger partial charge in [-0.15, -0.1) is 0 Å². The maximum atomic E-state index is 11.7. The van der Waals surface area contributed by atoms with Crippen LogP contribution in [0.2, 0.25) is 0 Å². The van der Waals surface area contributed by atoms with Gasteiger partial charge in [0.25, 0.3) is 0 Å². The van der Waals surface area contributed by atoms with E-state index in [0.717, 1.165) is 25.9 Å². The lowest BCUT2D eigenvalue weighted by Crippen LogP contribution is -2.41. The maximum Gasteiger partial charge on any atom is 0.236 e. The highest BCUT2D eigenvalue weighted by Gasteiger charge is 2.26. The predicted molar refractivity (Wildman–Crippen MR) is 86.4 cm³/mol. The Kier molecular flexibility index (Phi) is 4.24. The van der Waals surface area contributed by atoms with Crippen LogP contribution in [-0.4, -0.2) is 40.6 Å². The highest BCUT2D eigenvalue weighted by molar-refractivity contribution is 5.78. The van der Waals surface area contributed by atoms with E-state index in [9.17, 15) is 4.79 Å². The molecule has 0 bridgehead atoms. The Morgan fingerprint density at radius 3 is 2.86 bits per heavy atom. The SMILES string of the molecule is Cc1cccc(-c2cn[nH]c2C2CCN(C(=O)CN)CC2)c1. The number of rotatable bonds is 3. The van der Waals surface area contributed by atoms with Crippen molar-refractivity contribution in [3.8, 4) is 11.1 Å². The molecule has 1 amide bonds. The number of hydrogen-bond donors (Lipinski definition) is 2. The number of amides is 1. The summed E-state index contributed by atoms with van der Waals surface area (Å²) in [6.45, 7) is 3.74. The first-order valence-corrected chi connectivity index (χ1v) is 7.77. The van der Waals surface area contributed by atoms with E-state index in [0.29, 0.717) is 5.92 Å². The predicted octanol–water partition coefficient (Wildman–Crippen LogP) is 2.05. The Morgan fingerprint density at radius 2 is 2.18 bits per heavy atom. The number of carbonyl (C=O) groups is 1. The second-order valence-electron chi connectivity index (χ2n) is 5.93. The summed E-state index contributed by atoms with van der Waals surface area (Å²) < 4.78 is 0. The van der Waals surface area contributed by atoms with Crippen LogP contribution >= 0.6 is 0 Å². The fourth-order valence-corrected chi connectivity index (χ4v) is 3.20. The number of aromatic nitrogens is 2. The van der Waals surface area contributed by atoms with E-state index in [-0.39, 0.29) is 12.5 Å². The molecule has 3 N–H and O–H groups in total. The highest BCUT2D eigenvalue weighted by atomic mass is 16.2.